The molecule has 1 amide bonds. The molecule has 1 unspecified atom stereocenters. The Hall–Kier alpha value is -0.830. The molecular formula is C15H22BrNO. The quantitative estimate of drug-likeness (QED) is 0.809. The van der Waals surface area contributed by atoms with Crippen molar-refractivity contribution in [3.63, 3.8) is 0 Å². The smallest absolute Gasteiger partial charge is 0.224 e. The van der Waals surface area contributed by atoms with E-state index in [0.29, 0.717) is 12.3 Å². The first-order valence-corrected chi connectivity index (χ1v) is 7.40. The van der Waals surface area contributed by atoms with Crippen molar-refractivity contribution in [1.29, 1.82) is 0 Å². The standard InChI is InChI=1S/C15H22BrNO/c1-11(15(2,3)4)9-14(18)17-13-7-5-12(10-16)6-8-13/h5-8,11H,9-10H2,1-4H3,(H,17,18). The summed E-state index contributed by atoms with van der Waals surface area (Å²) in [6.07, 6.45) is 0.559. The van der Waals surface area contributed by atoms with Gasteiger partial charge < -0.3 is 5.32 Å². The predicted octanol–water partition coefficient (Wildman–Crippen LogP) is 4.59. The first-order valence-electron chi connectivity index (χ1n) is 6.27. The molecule has 0 aromatic heterocycles. The third kappa shape index (κ3) is 4.81. The summed E-state index contributed by atoms with van der Waals surface area (Å²) in [6, 6.07) is 7.90. The summed E-state index contributed by atoms with van der Waals surface area (Å²) in [5.74, 6) is 0.448. The van der Waals surface area contributed by atoms with E-state index < -0.39 is 0 Å². The first kappa shape index (κ1) is 15.2. The van der Waals surface area contributed by atoms with Crippen molar-refractivity contribution >= 4 is 27.5 Å². The van der Waals surface area contributed by atoms with Gasteiger partial charge in [-0.3, -0.25) is 4.79 Å². The van der Waals surface area contributed by atoms with Crippen LogP contribution in [0, 0.1) is 11.3 Å². The number of carbonyl (C=O) groups is 1. The van der Waals surface area contributed by atoms with Gasteiger partial charge in [0, 0.05) is 17.4 Å². The van der Waals surface area contributed by atoms with Crippen molar-refractivity contribution in [2.45, 2.75) is 39.4 Å². The van der Waals surface area contributed by atoms with Crippen molar-refractivity contribution < 1.29 is 4.79 Å². The lowest BCUT2D eigenvalue weighted by Crippen LogP contribution is -2.23. The zero-order valence-corrected chi connectivity index (χ0v) is 13.2. The van der Waals surface area contributed by atoms with Crippen LogP contribution in [0.25, 0.3) is 0 Å². The van der Waals surface area contributed by atoms with Crippen LogP contribution in [0.5, 0.6) is 0 Å². The van der Waals surface area contributed by atoms with Gasteiger partial charge in [-0.1, -0.05) is 55.8 Å². The van der Waals surface area contributed by atoms with Gasteiger partial charge in [0.15, 0.2) is 0 Å². The minimum Gasteiger partial charge on any atom is -0.326 e. The SMILES string of the molecule is CC(CC(=O)Nc1ccc(CBr)cc1)C(C)(C)C. The molecule has 1 aromatic rings. The van der Waals surface area contributed by atoms with Crippen LogP contribution < -0.4 is 5.32 Å². The lowest BCUT2D eigenvalue weighted by Gasteiger charge is -2.26. The molecule has 0 aliphatic heterocycles. The molecule has 1 atom stereocenters. The van der Waals surface area contributed by atoms with Crippen LogP contribution in [0.15, 0.2) is 24.3 Å². The molecular weight excluding hydrogens is 290 g/mol. The van der Waals surface area contributed by atoms with E-state index in [-0.39, 0.29) is 11.3 Å². The average molecular weight is 312 g/mol. The van der Waals surface area contributed by atoms with Crippen LogP contribution in [-0.2, 0) is 10.1 Å². The topological polar surface area (TPSA) is 29.1 Å². The third-order valence-electron chi connectivity index (χ3n) is 3.36. The van der Waals surface area contributed by atoms with E-state index in [4.69, 9.17) is 0 Å². The van der Waals surface area contributed by atoms with Gasteiger partial charge in [0.1, 0.15) is 0 Å². The molecule has 3 heteroatoms. The van der Waals surface area contributed by atoms with E-state index in [1.165, 1.54) is 5.56 Å². The zero-order chi connectivity index (χ0) is 13.8. The number of benzene rings is 1. The number of alkyl halides is 1. The van der Waals surface area contributed by atoms with Crippen LogP contribution in [0.2, 0.25) is 0 Å². The Balaban J connectivity index is 2.54. The molecule has 0 saturated heterocycles. The molecule has 1 N–H and O–H groups in total. The minimum atomic E-state index is 0.0871. The summed E-state index contributed by atoms with van der Waals surface area (Å²) in [7, 11) is 0. The average Bonchev–Trinajstić information content (AvgIpc) is 2.28. The second kappa shape index (κ2) is 6.37. The summed E-state index contributed by atoms with van der Waals surface area (Å²) >= 11 is 3.40. The Labute approximate surface area is 118 Å². The number of carbonyl (C=O) groups excluding carboxylic acids is 1. The normalized spacial score (nSPS) is 13.2. The van der Waals surface area contributed by atoms with Crippen molar-refractivity contribution in [3.05, 3.63) is 29.8 Å². The number of hydrogen-bond acceptors (Lipinski definition) is 1. The molecule has 0 heterocycles. The van der Waals surface area contributed by atoms with Gasteiger partial charge in [-0.2, -0.15) is 0 Å². The van der Waals surface area contributed by atoms with Gasteiger partial charge in [-0.25, -0.2) is 0 Å². The number of amides is 1. The number of anilines is 1. The number of nitrogens with one attached hydrogen (secondary N) is 1. The number of rotatable bonds is 4. The Morgan fingerprint density at radius 2 is 1.83 bits per heavy atom. The molecule has 1 rings (SSSR count). The molecule has 0 saturated carbocycles. The van der Waals surface area contributed by atoms with Crippen LogP contribution in [0.3, 0.4) is 0 Å². The molecule has 0 bridgehead atoms. The first-order chi connectivity index (χ1) is 8.32. The largest absolute Gasteiger partial charge is 0.326 e. The third-order valence-corrected chi connectivity index (χ3v) is 4.01. The van der Waals surface area contributed by atoms with Crippen LogP contribution in [0.1, 0.15) is 39.7 Å². The van der Waals surface area contributed by atoms with Gasteiger partial charge in [-0.15, -0.1) is 0 Å². The Morgan fingerprint density at radius 1 is 1.28 bits per heavy atom. The predicted molar refractivity (Wildman–Crippen MR) is 80.9 cm³/mol. The molecule has 1 aromatic carbocycles. The van der Waals surface area contributed by atoms with Gasteiger partial charge >= 0.3 is 0 Å². The van der Waals surface area contributed by atoms with E-state index in [1.807, 2.05) is 24.3 Å². The highest BCUT2D eigenvalue weighted by molar-refractivity contribution is 9.08. The second-order valence-electron chi connectivity index (χ2n) is 5.85. The van der Waals surface area contributed by atoms with Crippen molar-refractivity contribution in [2.75, 3.05) is 5.32 Å². The molecule has 0 spiro atoms. The van der Waals surface area contributed by atoms with Gasteiger partial charge in [0.2, 0.25) is 5.91 Å². The fourth-order valence-electron chi connectivity index (χ4n) is 1.47. The van der Waals surface area contributed by atoms with E-state index in [9.17, 15) is 4.79 Å². The minimum absolute atomic E-state index is 0.0871. The second-order valence-corrected chi connectivity index (χ2v) is 6.41. The highest BCUT2D eigenvalue weighted by atomic mass is 79.9. The van der Waals surface area contributed by atoms with Crippen molar-refractivity contribution in [1.82, 2.24) is 0 Å². The maximum Gasteiger partial charge on any atom is 0.224 e. The zero-order valence-electron chi connectivity index (χ0n) is 11.6. The van der Waals surface area contributed by atoms with E-state index in [0.717, 1.165) is 11.0 Å². The molecule has 0 aliphatic carbocycles. The highest BCUT2D eigenvalue weighted by Gasteiger charge is 2.22. The summed E-state index contributed by atoms with van der Waals surface area (Å²) in [5, 5.41) is 3.78. The van der Waals surface area contributed by atoms with E-state index in [2.05, 4.69) is 48.9 Å². The molecule has 0 fully saturated rings. The molecule has 18 heavy (non-hydrogen) atoms. The fraction of sp³-hybridized carbons (Fsp3) is 0.533. The summed E-state index contributed by atoms with van der Waals surface area (Å²) in [5.41, 5.74) is 2.24. The summed E-state index contributed by atoms with van der Waals surface area (Å²) in [4.78, 5) is 11.9. The fourth-order valence-corrected chi connectivity index (χ4v) is 1.85. The van der Waals surface area contributed by atoms with Gasteiger partial charge in [-0.05, 0) is 29.0 Å². The van der Waals surface area contributed by atoms with Crippen molar-refractivity contribution in [3.8, 4) is 0 Å². The number of hydrogen-bond donors (Lipinski definition) is 1. The van der Waals surface area contributed by atoms with Gasteiger partial charge in [0.05, 0.1) is 0 Å². The molecule has 100 valence electrons. The summed E-state index contributed by atoms with van der Waals surface area (Å²) in [6.45, 7) is 8.61. The van der Waals surface area contributed by atoms with Crippen LogP contribution in [0.4, 0.5) is 5.69 Å². The van der Waals surface area contributed by atoms with Gasteiger partial charge in [0.25, 0.3) is 0 Å². The van der Waals surface area contributed by atoms with E-state index >= 15 is 0 Å². The maximum absolute atomic E-state index is 11.9. The number of halogens is 1. The monoisotopic (exact) mass is 311 g/mol. The Bertz CT molecular complexity index is 392. The van der Waals surface area contributed by atoms with Crippen LogP contribution >= 0.6 is 15.9 Å². The molecule has 2 nitrogen and oxygen atoms in total. The van der Waals surface area contributed by atoms with E-state index in [1.54, 1.807) is 0 Å². The maximum atomic E-state index is 11.9. The lowest BCUT2D eigenvalue weighted by molar-refractivity contribution is -0.117. The highest BCUT2D eigenvalue weighted by Crippen LogP contribution is 2.28. The lowest BCUT2D eigenvalue weighted by atomic mass is 9.80. The molecule has 0 aliphatic rings. The molecule has 0 radical (unpaired) electrons. The Kier molecular flexibility index (Phi) is 5.39. The Morgan fingerprint density at radius 3 is 2.28 bits per heavy atom. The van der Waals surface area contributed by atoms with Crippen LogP contribution in [-0.4, -0.2) is 5.91 Å². The van der Waals surface area contributed by atoms with Crippen molar-refractivity contribution in [2.24, 2.45) is 11.3 Å². The summed E-state index contributed by atoms with van der Waals surface area (Å²) < 4.78 is 0.